The van der Waals surface area contributed by atoms with Crippen molar-refractivity contribution in [3.63, 3.8) is 0 Å². The Hall–Kier alpha value is -3.83. The summed E-state index contributed by atoms with van der Waals surface area (Å²) in [6.07, 6.45) is 0. The van der Waals surface area contributed by atoms with Gasteiger partial charge in [0.05, 0.1) is 22.1 Å². The number of nitro benzene ring substituents is 1. The highest BCUT2D eigenvalue weighted by Gasteiger charge is 2.35. The Balaban J connectivity index is 1.93. The number of H-pyrrole nitrogens is 1. The molecule has 8 nitrogen and oxygen atoms in total. The quantitative estimate of drug-likeness (QED) is 0.513. The summed E-state index contributed by atoms with van der Waals surface area (Å²) in [5.41, 5.74) is 8.51. The van der Waals surface area contributed by atoms with E-state index in [4.69, 9.17) is 22.1 Å². The van der Waals surface area contributed by atoms with E-state index in [0.717, 1.165) is 5.56 Å². The van der Waals surface area contributed by atoms with Crippen LogP contribution >= 0.6 is 11.6 Å². The van der Waals surface area contributed by atoms with Gasteiger partial charge in [-0.3, -0.25) is 15.2 Å². The number of benzene rings is 2. The van der Waals surface area contributed by atoms with Crippen molar-refractivity contribution in [1.82, 2.24) is 10.2 Å². The predicted octanol–water partition coefficient (Wildman–Crippen LogP) is 3.86. The number of nitro groups is 1. The van der Waals surface area contributed by atoms with Crippen molar-refractivity contribution in [2.75, 3.05) is 0 Å². The molecule has 28 heavy (non-hydrogen) atoms. The number of fused-ring (bicyclic) bond motifs is 1. The maximum Gasteiger partial charge on any atom is 0.270 e. The Morgan fingerprint density at radius 2 is 2.04 bits per heavy atom. The molecule has 0 amide bonds. The zero-order chi connectivity index (χ0) is 19.8. The molecule has 0 fully saturated rings. The molecule has 138 valence electrons. The summed E-state index contributed by atoms with van der Waals surface area (Å²) in [6, 6.07) is 15.2. The van der Waals surface area contributed by atoms with E-state index in [1.807, 2.05) is 0 Å². The van der Waals surface area contributed by atoms with Crippen molar-refractivity contribution in [3.8, 4) is 23.2 Å². The molecule has 9 heteroatoms. The van der Waals surface area contributed by atoms with Gasteiger partial charge in [0.25, 0.3) is 5.69 Å². The molecule has 1 unspecified atom stereocenters. The number of aromatic nitrogens is 2. The molecule has 2 aromatic carbocycles. The molecule has 0 saturated carbocycles. The standard InChI is InChI=1S/C19H12ClN5O3/c20-12-6-4-10(5-7-12)15-14(9-21)18(22)28-19-16(15)17(23-24-19)11-2-1-3-13(8-11)25(26)27/h1-8,15H,22H2,(H,23,24). The van der Waals surface area contributed by atoms with Crippen molar-refractivity contribution in [1.29, 1.82) is 5.26 Å². The molecule has 3 aromatic rings. The summed E-state index contributed by atoms with van der Waals surface area (Å²) in [6.45, 7) is 0. The molecule has 0 bridgehead atoms. The van der Waals surface area contributed by atoms with Crippen molar-refractivity contribution in [2.24, 2.45) is 5.73 Å². The molecule has 3 N–H and O–H groups in total. The lowest BCUT2D eigenvalue weighted by Crippen LogP contribution is -2.20. The van der Waals surface area contributed by atoms with Crippen LogP contribution < -0.4 is 10.5 Å². The van der Waals surface area contributed by atoms with Gasteiger partial charge in [0.15, 0.2) is 0 Å². The van der Waals surface area contributed by atoms with E-state index < -0.39 is 10.8 Å². The summed E-state index contributed by atoms with van der Waals surface area (Å²) >= 11 is 5.99. The molecule has 1 aromatic heterocycles. The molecule has 4 rings (SSSR count). The van der Waals surface area contributed by atoms with Crippen LogP contribution in [0, 0.1) is 21.4 Å². The second-order valence-electron chi connectivity index (χ2n) is 6.10. The van der Waals surface area contributed by atoms with Gasteiger partial charge in [-0.05, 0) is 17.7 Å². The number of halogens is 1. The number of nitriles is 1. The summed E-state index contributed by atoms with van der Waals surface area (Å²) in [7, 11) is 0. The number of rotatable bonds is 3. The van der Waals surface area contributed by atoms with E-state index in [1.165, 1.54) is 12.1 Å². The summed E-state index contributed by atoms with van der Waals surface area (Å²) < 4.78 is 5.52. The maximum atomic E-state index is 11.1. The summed E-state index contributed by atoms with van der Waals surface area (Å²) in [5, 5.41) is 28.4. The van der Waals surface area contributed by atoms with Gasteiger partial charge in [-0.1, -0.05) is 35.9 Å². The molecule has 0 saturated heterocycles. The van der Waals surface area contributed by atoms with Crippen LogP contribution in [0.25, 0.3) is 11.3 Å². The lowest BCUT2D eigenvalue weighted by Gasteiger charge is -2.24. The highest BCUT2D eigenvalue weighted by atomic mass is 35.5. The SMILES string of the molecule is N#CC1=C(N)Oc2n[nH]c(-c3cccc([N+](=O)[O-])c3)c2C1c1ccc(Cl)cc1. The van der Waals surface area contributed by atoms with Crippen molar-refractivity contribution in [3.05, 3.63) is 86.3 Å². The molecule has 1 aliphatic rings. The zero-order valence-electron chi connectivity index (χ0n) is 14.2. The van der Waals surface area contributed by atoms with Crippen LogP contribution in [-0.2, 0) is 0 Å². The number of hydrogen-bond acceptors (Lipinski definition) is 6. The Labute approximate surface area is 164 Å². The van der Waals surface area contributed by atoms with Gasteiger partial charge in [0.1, 0.15) is 11.6 Å². The van der Waals surface area contributed by atoms with Crippen LogP contribution in [0.15, 0.2) is 60.0 Å². The first-order valence-electron chi connectivity index (χ1n) is 8.15. The van der Waals surface area contributed by atoms with Crippen molar-refractivity contribution in [2.45, 2.75) is 5.92 Å². The van der Waals surface area contributed by atoms with Gasteiger partial charge in [-0.25, -0.2) is 0 Å². The van der Waals surface area contributed by atoms with E-state index in [0.29, 0.717) is 21.8 Å². The fourth-order valence-corrected chi connectivity index (χ4v) is 3.35. The first-order valence-corrected chi connectivity index (χ1v) is 8.53. The zero-order valence-corrected chi connectivity index (χ0v) is 15.0. The lowest BCUT2D eigenvalue weighted by molar-refractivity contribution is -0.384. The van der Waals surface area contributed by atoms with Crippen LogP contribution in [0.4, 0.5) is 5.69 Å². The normalized spacial score (nSPS) is 15.5. The summed E-state index contributed by atoms with van der Waals surface area (Å²) in [5.74, 6) is -0.371. The molecule has 1 aliphatic heterocycles. The number of aromatic amines is 1. The summed E-state index contributed by atoms with van der Waals surface area (Å²) in [4.78, 5) is 10.7. The molecule has 0 aliphatic carbocycles. The smallest absolute Gasteiger partial charge is 0.270 e. The first kappa shape index (κ1) is 17.6. The van der Waals surface area contributed by atoms with Gasteiger partial charge in [0.2, 0.25) is 11.8 Å². The maximum absolute atomic E-state index is 11.1. The number of non-ortho nitro benzene ring substituents is 1. The number of nitrogens with one attached hydrogen (secondary N) is 1. The van der Waals surface area contributed by atoms with Crippen molar-refractivity contribution >= 4 is 17.3 Å². The number of hydrogen-bond donors (Lipinski definition) is 2. The predicted molar refractivity (Wildman–Crippen MR) is 101 cm³/mol. The monoisotopic (exact) mass is 393 g/mol. The van der Waals surface area contributed by atoms with Crippen LogP contribution in [0.2, 0.25) is 5.02 Å². The van der Waals surface area contributed by atoms with Crippen LogP contribution in [0.1, 0.15) is 17.0 Å². The average Bonchev–Trinajstić information content (AvgIpc) is 3.11. The fourth-order valence-electron chi connectivity index (χ4n) is 3.23. The minimum Gasteiger partial charge on any atom is -0.420 e. The average molecular weight is 394 g/mol. The highest BCUT2D eigenvalue weighted by Crippen LogP contribution is 2.45. The molecular formula is C19H12ClN5O3. The second kappa shape index (κ2) is 6.72. The first-order chi connectivity index (χ1) is 13.5. The third kappa shape index (κ3) is 2.84. The Kier molecular flexibility index (Phi) is 4.22. The van der Waals surface area contributed by atoms with Gasteiger partial charge in [0, 0.05) is 22.7 Å². The second-order valence-corrected chi connectivity index (χ2v) is 6.54. The van der Waals surface area contributed by atoms with Crippen LogP contribution in [-0.4, -0.2) is 15.1 Å². The molecular weight excluding hydrogens is 382 g/mol. The largest absolute Gasteiger partial charge is 0.420 e. The van der Waals surface area contributed by atoms with E-state index in [1.54, 1.807) is 36.4 Å². The third-order valence-corrected chi connectivity index (χ3v) is 4.74. The fraction of sp³-hybridized carbons (Fsp3) is 0.0526. The minimum absolute atomic E-state index is 0.0351. The van der Waals surface area contributed by atoms with E-state index in [-0.39, 0.29) is 23.0 Å². The van der Waals surface area contributed by atoms with Gasteiger partial charge in [-0.2, -0.15) is 5.26 Å². The van der Waals surface area contributed by atoms with E-state index in [9.17, 15) is 15.4 Å². The Morgan fingerprint density at radius 3 is 2.71 bits per heavy atom. The Bertz CT molecular complexity index is 1160. The highest BCUT2D eigenvalue weighted by molar-refractivity contribution is 6.30. The number of ether oxygens (including phenoxy) is 1. The van der Waals surface area contributed by atoms with Crippen LogP contribution in [0.3, 0.4) is 0 Å². The third-order valence-electron chi connectivity index (χ3n) is 4.49. The van der Waals surface area contributed by atoms with Gasteiger partial charge in [-0.15, -0.1) is 5.10 Å². The number of allylic oxidation sites excluding steroid dienone is 1. The van der Waals surface area contributed by atoms with Crippen LogP contribution in [0.5, 0.6) is 5.88 Å². The minimum atomic E-state index is -0.556. The van der Waals surface area contributed by atoms with Gasteiger partial charge < -0.3 is 10.5 Å². The van der Waals surface area contributed by atoms with Gasteiger partial charge >= 0.3 is 0 Å². The molecule has 2 heterocycles. The molecule has 1 atom stereocenters. The lowest BCUT2D eigenvalue weighted by atomic mass is 9.83. The topological polar surface area (TPSA) is 131 Å². The van der Waals surface area contributed by atoms with E-state index >= 15 is 0 Å². The molecule has 0 radical (unpaired) electrons. The number of nitrogens with zero attached hydrogens (tertiary/aromatic N) is 3. The van der Waals surface area contributed by atoms with Crippen molar-refractivity contribution < 1.29 is 9.66 Å². The molecule has 0 spiro atoms. The number of nitrogens with two attached hydrogens (primary N) is 1. The van der Waals surface area contributed by atoms with E-state index in [2.05, 4.69) is 16.3 Å². The Morgan fingerprint density at radius 1 is 1.29 bits per heavy atom.